The highest BCUT2D eigenvalue weighted by molar-refractivity contribution is 6.32. The lowest BCUT2D eigenvalue weighted by Gasteiger charge is -2.19. The standard InChI is InChI=1S/C22H24ClN9O2/c1-24-20(34)12-32-11-17(8-27-32)28-22-25-9-18(23)21(30-22)29-19(13-33)15-5-3-4-14(6-15)16-7-26-31(2)10-16/h3-11,19,33H,12-13H2,1-2H3,(H,24,34)(H2,25,28,29,30). The first-order chi connectivity index (χ1) is 16.4. The quantitative estimate of drug-likeness (QED) is 0.286. The van der Waals surface area contributed by atoms with E-state index >= 15 is 0 Å². The number of hydrogen-bond donors (Lipinski definition) is 4. The molecule has 11 nitrogen and oxygen atoms in total. The van der Waals surface area contributed by atoms with E-state index in [0.717, 1.165) is 16.7 Å². The molecule has 0 radical (unpaired) electrons. The molecule has 1 unspecified atom stereocenters. The van der Waals surface area contributed by atoms with Crippen LogP contribution in [0.3, 0.4) is 0 Å². The summed E-state index contributed by atoms with van der Waals surface area (Å²) in [5, 5.41) is 27.5. The van der Waals surface area contributed by atoms with Crippen molar-refractivity contribution in [1.82, 2.24) is 34.8 Å². The van der Waals surface area contributed by atoms with Crippen LogP contribution in [0, 0.1) is 0 Å². The van der Waals surface area contributed by atoms with Gasteiger partial charge in [-0.1, -0.05) is 29.8 Å². The van der Waals surface area contributed by atoms with Crippen molar-refractivity contribution in [3.05, 3.63) is 65.8 Å². The zero-order valence-electron chi connectivity index (χ0n) is 18.6. The van der Waals surface area contributed by atoms with Gasteiger partial charge in [-0.05, 0) is 17.2 Å². The number of nitrogens with zero attached hydrogens (tertiary/aromatic N) is 6. The van der Waals surface area contributed by atoms with Crippen molar-refractivity contribution in [2.45, 2.75) is 12.6 Å². The Kier molecular flexibility index (Phi) is 7.04. The van der Waals surface area contributed by atoms with Crippen LogP contribution in [0.1, 0.15) is 11.6 Å². The lowest BCUT2D eigenvalue weighted by molar-refractivity contribution is -0.121. The van der Waals surface area contributed by atoms with Crippen LogP contribution in [-0.2, 0) is 18.4 Å². The van der Waals surface area contributed by atoms with E-state index in [1.165, 1.54) is 10.9 Å². The Morgan fingerprint density at radius 2 is 2.03 bits per heavy atom. The average molecular weight is 482 g/mol. The lowest BCUT2D eigenvalue weighted by atomic mass is 10.0. The molecule has 12 heteroatoms. The van der Waals surface area contributed by atoms with Crippen molar-refractivity contribution in [3.8, 4) is 11.1 Å². The topological polar surface area (TPSA) is 135 Å². The molecular formula is C22H24ClN9O2. The molecular weight excluding hydrogens is 458 g/mol. The summed E-state index contributed by atoms with van der Waals surface area (Å²) in [6.07, 6.45) is 8.41. The third kappa shape index (κ3) is 5.50. The third-order valence-corrected chi connectivity index (χ3v) is 5.32. The number of rotatable bonds is 9. The summed E-state index contributed by atoms with van der Waals surface area (Å²) in [7, 11) is 3.43. The Balaban J connectivity index is 1.51. The Hall–Kier alpha value is -3.96. The van der Waals surface area contributed by atoms with Gasteiger partial charge in [-0.15, -0.1) is 0 Å². The summed E-state index contributed by atoms with van der Waals surface area (Å²) in [4.78, 5) is 20.2. The van der Waals surface area contributed by atoms with Gasteiger partial charge in [0.25, 0.3) is 0 Å². The molecule has 0 aliphatic heterocycles. The molecule has 1 aromatic carbocycles. The molecule has 1 amide bonds. The SMILES string of the molecule is CNC(=O)Cn1cc(Nc2ncc(Cl)c(NC(CO)c3cccc(-c4cnn(C)c4)c3)n2)cn1. The largest absolute Gasteiger partial charge is 0.394 e. The van der Waals surface area contributed by atoms with Crippen LogP contribution < -0.4 is 16.0 Å². The first kappa shape index (κ1) is 23.2. The lowest BCUT2D eigenvalue weighted by Crippen LogP contribution is -2.23. The summed E-state index contributed by atoms with van der Waals surface area (Å²) < 4.78 is 3.23. The molecule has 4 rings (SSSR count). The number of halogens is 1. The van der Waals surface area contributed by atoms with Crippen molar-refractivity contribution in [2.75, 3.05) is 24.3 Å². The minimum absolute atomic E-state index is 0.0999. The van der Waals surface area contributed by atoms with E-state index in [9.17, 15) is 9.90 Å². The van der Waals surface area contributed by atoms with Crippen LogP contribution in [0.5, 0.6) is 0 Å². The molecule has 4 N–H and O–H groups in total. The monoisotopic (exact) mass is 481 g/mol. The molecule has 3 heterocycles. The fraction of sp³-hybridized carbons (Fsp3) is 0.227. The van der Waals surface area contributed by atoms with Gasteiger partial charge in [0.05, 0.1) is 36.9 Å². The van der Waals surface area contributed by atoms with Crippen molar-refractivity contribution in [1.29, 1.82) is 0 Å². The van der Waals surface area contributed by atoms with Crippen molar-refractivity contribution >= 4 is 35.0 Å². The van der Waals surface area contributed by atoms with Gasteiger partial charge < -0.3 is 21.1 Å². The van der Waals surface area contributed by atoms with Crippen molar-refractivity contribution < 1.29 is 9.90 Å². The van der Waals surface area contributed by atoms with Gasteiger partial charge in [0.1, 0.15) is 11.6 Å². The summed E-state index contributed by atoms with van der Waals surface area (Å²) >= 11 is 6.33. The molecule has 0 aliphatic carbocycles. The molecule has 0 fully saturated rings. The number of aryl methyl sites for hydroxylation is 1. The molecule has 1 atom stereocenters. The van der Waals surface area contributed by atoms with E-state index < -0.39 is 6.04 Å². The Labute approximate surface area is 200 Å². The Morgan fingerprint density at radius 1 is 1.18 bits per heavy atom. The van der Waals surface area contributed by atoms with Crippen LogP contribution >= 0.6 is 11.6 Å². The highest BCUT2D eigenvalue weighted by Gasteiger charge is 2.16. The molecule has 0 bridgehead atoms. The fourth-order valence-corrected chi connectivity index (χ4v) is 3.45. The minimum atomic E-state index is -0.452. The zero-order valence-corrected chi connectivity index (χ0v) is 19.4. The predicted octanol–water partition coefficient (Wildman–Crippen LogP) is 2.36. The number of aliphatic hydroxyl groups excluding tert-OH is 1. The van der Waals surface area contributed by atoms with Crippen LogP contribution in [0.15, 0.2) is 55.2 Å². The highest BCUT2D eigenvalue weighted by Crippen LogP contribution is 2.28. The van der Waals surface area contributed by atoms with Gasteiger partial charge >= 0.3 is 0 Å². The number of likely N-dealkylation sites (N-methyl/N-ethyl adjacent to an activating group) is 1. The van der Waals surface area contributed by atoms with Gasteiger partial charge in [0.2, 0.25) is 11.9 Å². The summed E-state index contributed by atoms with van der Waals surface area (Å²) in [5.41, 5.74) is 3.43. The molecule has 0 saturated heterocycles. The average Bonchev–Trinajstić information content (AvgIpc) is 3.48. The van der Waals surface area contributed by atoms with Crippen molar-refractivity contribution in [2.24, 2.45) is 7.05 Å². The molecule has 0 aliphatic rings. The predicted molar refractivity (Wildman–Crippen MR) is 129 cm³/mol. The molecule has 3 aromatic heterocycles. The minimum Gasteiger partial charge on any atom is -0.394 e. The van der Waals surface area contributed by atoms with Gasteiger partial charge in [0.15, 0.2) is 5.82 Å². The Bertz CT molecular complexity index is 1290. The van der Waals surface area contributed by atoms with Crippen LogP contribution in [-0.4, -0.2) is 54.2 Å². The number of benzene rings is 1. The van der Waals surface area contributed by atoms with Gasteiger partial charge in [0, 0.05) is 32.1 Å². The fourth-order valence-electron chi connectivity index (χ4n) is 3.30. The number of amides is 1. The maximum Gasteiger partial charge on any atom is 0.241 e. The second-order valence-electron chi connectivity index (χ2n) is 7.52. The van der Waals surface area contributed by atoms with Gasteiger partial charge in [-0.2, -0.15) is 15.2 Å². The second-order valence-corrected chi connectivity index (χ2v) is 7.93. The first-order valence-electron chi connectivity index (χ1n) is 10.4. The molecule has 4 aromatic rings. The number of carbonyl (C=O) groups is 1. The smallest absolute Gasteiger partial charge is 0.241 e. The number of carbonyl (C=O) groups excluding carboxylic acids is 1. The number of anilines is 3. The highest BCUT2D eigenvalue weighted by atomic mass is 35.5. The normalized spacial score (nSPS) is 11.8. The maximum absolute atomic E-state index is 11.5. The Morgan fingerprint density at radius 3 is 2.76 bits per heavy atom. The summed E-state index contributed by atoms with van der Waals surface area (Å²) in [6, 6.07) is 7.36. The number of aromatic nitrogens is 6. The molecule has 34 heavy (non-hydrogen) atoms. The molecule has 176 valence electrons. The van der Waals surface area contributed by atoms with E-state index in [2.05, 4.69) is 36.1 Å². The van der Waals surface area contributed by atoms with E-state index in [1.54, 1.807) is 30.3 Å². The number of nitrogens with one attached hydrogen (secondary N) is 3. The van der Waals surface area contributed by atoms with E-state index in [-0.39, 0.29) is 25.0 Å². The van der Waals surface area contributed by atoms with Crippen molar-refractivity contribution in [3.63, 3.8) is 0 Å². The molecule has 0 saturated carbocycles. The van der Waals surface area contributed by atoms with Gasteiger partial charge in [-0.25, -0.2) is 4.98 Å². The number of aliphatic hydroxyl groups is 1. The summed E-state index contributed by atoms with van der Waals surface area (Å²) in [5.74, 6) is 0.487. The second kappa shape index (κ2) is 10.3. The van der Waals surface area contributed by atoms with Crippen LogP contribution in [0.4, 0.5) is 17.5 Å². The zero-order chi connectivity index (χ0) is 24.1. The summed E-state index contributed by atoms with van der Waals surface area (Å²) in [6.45, 7) is -0.0748. The first-order valence-corrected chi connectivity index (χ1v) is 10.8. The van der Waals surface area contributed by atoms with Crippen LogP contribution in [0.25, 0.3) is 11.1 Å². The number of hydrogen-bond acceptors (Lipinski definition) is 8. The van der Waals surface area contributed by atoms with Gasteiger partial charge in [-0.3, -0.25) is 14.2 Å². The van der Waals surface area contributed by atoms with E-state index in [4.69, 9.17) is 11.6 Å². The van der Waals surface area contributed by atoms with E-state index in [0.29, 0.717) is 16.5 Å². The van der Waals surface area contributed by atoms with Crippen LogP contribution in [0.2, 0.25) is 5.02 Å². The third-order valence-electron chi connectivity index (χ3n) is 5.04. The maximum atomic E-state index is 11.5. The van der Waals surface area contributed by atoms with E-state index in [1.807, 2.05) is 37.5 Å². The molecule has 0 spiro atoms.